The van der Waals surface area contributed by atoms with E-state index in [2.05, 4.69) is 0 Å². The fraction of sp³-hybridized carbons (Fsp3) is 0.250. The summed E-state index contributed by atoms with van der Waals surface area (Å²) >= 11 is 1.32. The van der Waals surface area contributed by atoms with Crippen LogP contribution in [0.3, 0.4) is 0 Å². The summed E-state index contributed by atoms with van der Waals surface area (Å²) < 4.78 is 43.4. The fourth-order valence-corrected chi connectivity index (χ4v) is 3.77. The standard InChI is InChI=1S/C24H23F2NO6S/c1-31-10-9-27(13-23(28)29)24(30)21-8-7-17(33-21)14-32-16-5-3-15(4-6-16)18-11-19(25)20(26)12-22(18)34-2/h3-8,11-12H,9-10,13-14H2,1-2H3,(H,28,29). The summed E-state index contributed by atoms with van der Waals surface area (Å²) in [5.74, 6) is -2.64. The van der Waals surface area contributed by atoms with E-state index in [1.807, 2.05) is 0 Å². The maximum atomic E-state index is 13.7. The zero-order chi connectivity index (χ0) is 24.7. The van der Waals surface area contributed by atoms with Gasteiger partial charge in [-0.25, -0.2) is 8.78 Å². The van der Waals surface area contributed by atoms with E-state index in [0.29, 0.717) is 27.5 Å². The molecule has 0 fully saturated rings. The largest absolute Gasteiger partial charge is 0.486 e. The van der Waals surface area contributed by atoms with Crippen LogP contribution in [0.4, 0.5) is 8.78 Å². The third kappa shape index (κ3) is 6.36. The van der Waals surface area contributed by atoms with Gasteiger partial charge in [-0.2, -0.15) is 0 Å². The minimum absolute atomic E-state index is 0.00534. The summed E-state index contributed by atoms with van der Waals surface area (Å²) in [5.41, 5.74) is 1.28. The Kier molecular flexibility index (Phi) is 8.67. The predicted molar refractivity (Wildman–Crippen MR) is 122 cm³/mol. The minimum Gasteiger partial charge on any atom is -0.486 e. The predicted octanol–water partition coefficient (Wildman–Crippen LogP) is 4.70. The molecule has 10 heteroatoms. The lowest BCUT2D eigenvalue weighted by Gasteiger charge is -2.18. The first kappa shape index (κ1) is 25.3. The monoisotopic (exact) mass is 491 g/mol. The van der Waals surface area contributed by atoms with Crippen LogP contribution in [0.15, 0.2) is 57.8 Å². The molecule has 0 spiro atoms. The SMILES string of the molecule is COCCN(CC(=O)O)C(=O)c1ccc(COc2ccc(-c3cc(F)c(F)cc3SC)cc2)o1. The molecule has 0 radical (unpaired) electrons. The van der Waals surface area contributed by atoms with E-state index in [-0.39, 0.29) is 25.5 Å². The molecule has 2 aromatic carbocycles. The molecule has 1 heterocycles. The van der Waals surface area contributed by atoms with Gasteiger partial charge >= 0.3 is 5.97 Å². The maximum absolute atomic E-state index is 13.7. The highest BCUT2D eigenvalue weighted by molar-refractivity contribution is 7.98. The summed E-state index contributed by atoms with van der Waals surface area (Å²) in [5, 5.41) is 9.02. The van der Waals surface area contributed by atoms with Crippen LogP contribution in [0, 0.1) is 11.6 Å². The van der Waals surface area contributed by atoms with Gasteiger partial charge in [-0.1, -0.05) is 12.1 Å². The van der Waals surface area contributed by atoms with Gasteiger partial charge in [0, 0.05) is 18.6 Å². The smallest absolute Gasteiger partial charge is 0.323 e. The zero-order valence-electron chi connectivity index (χ0n) is 18.5. The highest BCUT2D eigenvalue weighted by atomic mass is 32.2. The van der Waals surface area contributed by atoms with Crippen molar-refractivity contribution in [2.45, 2.75) is 11.5 Å². The number of halogens is 2. The van der Waals surface area contributed by atoms with Crippen molar-refractivity contribution in [2.75, 3.05) is 33.1 Å². The number of hydrogen-bond donors (Lipinski definition) is 1. The Morgan fingerprint density at radius 1 is 1.09 bits per heavy atom. The van der Waals surface area contributed by atoms with Gasteiger partial charge in [-0.15, -0.1) is 11.8 Å². The minimum atomic E-state index is -1.14. The van der Waals surface area contributed by atoms with Gasteiger partial charge in [-0.05, 0) is 53.8 Å². The van der Waals surface area contributed by atoms with Crippen molar-refractivity contribution in [3.05, 3.63) is 71.7 Å². The molecule has 0 aliphatic heterocycles. The molecule has 0 unspecified atom stereocenters. The van der Waals surface area contributed by atoms with Gasteiger partial charge in [-0.3, -0.25) is 9.59 Å². The second-order valence-electron chi connectivity index (χ2n) is 7.16. The van der Waals surface area contributed by atoms with Crippen LogP contribution >= 0.6 is 11.8 Å². The second-order valence-corrected chi connectivity index (χ2v) is 8.01. The number of nitrogens with zero attached hydrogens (tertiary/aromatic N) is 1. The highest BCUT2D eigenvalue weighted by Gasteiger charge is 2.21. The number of rotatable bonds is 11. The molecule has 0 saturated heterocycles. The summed E-state index contributed by atoms with van der Waals surface area (Å²) in [4.78, 5) is 25.3. The summed E-state index contributed by atoms with van der Waals surface area (Å²) in [6.07, 6.45) is 1.79. The van der Waals surface area contributed by atoms with Crippen molar-refractivity contribution >= 4 is 23.6 Å². The van der Waals surface area contributed by atoms with E-state index in [0.717, 1.165) is 4.90 Å². The Balaban J connectivity index is 1.65. The number of thioether (sulfide) groups is 1. The van der Waals surface area contributed by atoms with E-state index in [1.165, 1.54) is 37.1 Å². The third-order valence-corrected chi connectivity index (χ3v) is 5.62. The van der Waals surface area contributed by atoms with Crippen molar-refractivity contribution in [1.29, 1.82) is 0 Å². The van der Waals surface area contributed by atoms with Crippen molar-refractivity contribution in [1.82, 2.24) is 4.90 Å². The molecular weight excluding hydrogens is 468 g/mol. The fourth-order valence-electron chi connectivity index (χ4n) is 3.15. The van der Waals surface area contributed by atoms with Gasteiger partial charge in [0.15, 0.2) is 17.4 Å². The van der Waals surface area contributed by atoms with Crippen molar-refractivity contribution in [3.8, 4) is 16.9 Å². The number of methoxy groups -OCH3 is 1. The molecule has 0 aliphatic rings. The van der Waals surface area contributed by atoms with E-state index in [1.54, 1.807) is 36.6 Å². The molecule has 1 amide bonds. The zero-order valence-corrected chi connectivity index (χ0v) is 19.4. The van der Waals surface area contributed by atoms with E-state index in [9.17, 15) is 18.4 Å². The molecule has 0 bridgehead atoms. The molecule has 3 aromatic rings. The Labute approximate surface area is 199 Å². The van der Waals surface area contributed by atoms with Crippen molar-refractivity contribution in [3.63, 3.8) is 0 Å². The Bertz CT molecular complexity index is 1150. The van der Waals surface area contributed by atoms with Crippen LogP contribution in [0.5, 0.6) is 5.75 Å². The van der Waals surface area contributed by atoms with Gasteiger partial charge in [0.1, 0.15) is 24.7 Å². The third-order valence-electron chi connectivity index (χ3n) is 4.84. The van der Waals surface area contributed by atoms with E-state index >= 15 is 0 Å². The molecule has 0 aliphatic carbocycles. The lowest BCUT2D eigenvalue weighted by Crippen LogP contribution is -2.37. The first-order valence-corrected chi connectivity index (χ1v) is 11.4. The number of ether oxygens (including phenoxy) is 2. The quantitative estimate of drug-likeness (QED) is 0.389. The van der Waals surface area contributed by atoms with Crippen LogP contribution in [-0.4, -0.2) is 54.9 Å². The Morgan fingerprint density at radius 3 is 2.44 bits per heavy atom. The molecule has 1 aromatic heterocycles. The molecule has 7 nitrogen and oxygen atoms in total. The summed E-state index contributed by atoms with van der Waals surface area (Å²) in [6.45, 7) is -0.145. The average molecular weight is 492 g/mol. The van der Waals surface area contributed by atoms with Crippen LogP contribution < -0.4 is 4.74 Å². The number of carboxylic acids is 1. The van der Waals surface area contributed by atoms with Crippen molar-refractivity contribution < 1.29 is 37.4 Å². The molecule has 34 heavy (non-hydrogen) atoms. The first-order chi connectivity index (χ1) is 16.3. The molecule has 1 N–H and O–H groups in total. The lowest BCUT2D eigenvalue weighted by atomic mass is 10.1. The Hall–Kier alpha value is -3.37. The number of furan rings is 1. The number of carboxylic acid groups (broad SMARTS) is 1. The molecule has 3 rings (SSSR count). The average Bonchev–Trinajstić information content (AvgIpc) is 3.30. The van der Waals surface area contributed by atoms with Gasteiger partial charge in [0.2, 0.25) is 0 Å². The van der Waals surface area contributed by atoms with Gasteiger partial charge in [0.05, 0.1) is 6.61 Å². The number of carbonyl (C=O) groups is 2. The lowest BCUT2D eigenvalue weighted by molar-refractivity contribution is -0.137. The van der Waals surface area contributed by atoms with Crippen molar-refractivity contribution in [2.24, 2.45) is 0 Å². The van der Waals surface area contributed by atoms with Gasteiger partial charge < -0.3 is 23.9 Å². The summed E-state index contributed by atoms with van der Waals surface area (Å²) in [7, 11) is 1.46. The number of hydrogen-bond acceptors (Lipinski definition) is 6. The topological polar surface area (TPSA) is 89.2 Å². The van der Waals surface area contributed by atoms with Crippen LogP contribution in [0.25, 0.3) is 11.1 Å². The number of benzene rings is 2. The van der Waals surface area contributed by atoms with Crippen LogP contribution in [0.2, 0.25) is 0 Å². The molecule has 0 atom stereocenters. The van der Waals surface area contributed by atoms with E-state index < -0.39 is 30.1 Å². The number of amides is 1. The Morgan fingerprint density at radius 2 is 1.79 bits per heavy atom. The first-order valence-electron chi connectivity index (χ1n) is 10.2. The normalized spacial score (nSPS) is 10.8. The number of carbonyl (C=O) groups excluding carboxylic acids is 1. The maximum Gasteiger partial charge on any atom is 0.323 e. The summed E-state index contributed by atoms with van der Waals surface area (Å²) in [6, 6.07) is 12.2. The number of aliphatic carboxylic acids is 1. The van der Waals surface area contributed by atoms with Crippen LogP contribution in [0.1, 0.15) is 16.3 Å². The highest BCUT2D eigenvalue weighted by Crippen LogP contribution is 2.33. The second kappa shape index (κ2) is 11.7. The molecule has 180 valence electrons. The van der Waals surface area contributed by atoms with E-state index in [4.69, 9.17) is 19.0 Å². The van der Waals surface area contributed by atoms with Gasteiger partial charge in [0.25, 0.3) is 5.91 Å². The molecular formula is C24H23F2NO6S. The molecule has 0 saturated carbocycles. The van der Waals surface area contributed by atoms with Crippen LogP contribution in [-0.2, 0) is 16.1 Å².